The number of rotatable bonds is 6. The zero-order valence-corrected chi connectivity index (χ0v) is 10.5. The topological polar surface area (TPSA) is 53.1 Å². The van der Waals surface area contributed by atoms with Gasteiger partial charge in [0.15, 0.2) is 0 Å². The number of hydrogen-bond acceptors (Lipinski definition) is 5. The van der Waals surface area contributed by atoms with Crippen molar-refractivity contribution in [3.63, 3.8) is 0 Å². The zero-order chi connectivity index (χ0) is 12.0. The summed E-state index contributed by atoms with van der Waals surface area (Å²) in [7, 11) is 3.90. The van der Waals surface area contributed by atoms with Crippen LogP contribution >= 0.6 is 0 Å². The molecular formula is C11H21N5. The van der Waals surface area contributed by atoms with E-state index in [0.717, 1.165) is 36.6 Å². The van der Waals surface area contributed by atoms with Crippen LogP contribution in [0.1, 0.15) is 25.8 Å². The van der Waals surface area contributed by atoms with E-state index in [-0.39, 0.29) is 0 Å². The fourth-order valence-electron chi connectivity index (χ4n) is 1.53. The first-order chi connectivity index (χ1) is 7.69. The van der Waals surface area contributed by atoms with Gasteiger partial charge < -0.3 is 10.7 Å². The summed E-state index contributed by atoms with van der Waals surface area (Å²) in [5.41, 5.74) is 4.35. The largest absolute Gasteiger partial charge is 0.370 e. The van der Waals surface area contributed by atoms with Crippen molar-refractivity contribution in [1.29, 1.82) is 0 Å². The van der Waals surface area contributed by atoms with Crippen molar-refractivity contribution >= 4 is 11.6 Å². The molecular weight excluding hydrogens is 202 g/mol. The maximum atomic E-state index is 4.28. The molecule has 0 amide bonds. The van der Waals surface area contributed by atoms with Crippen molar-refractivity contribution < 1.29 is 0 Å². The number of hydrogen-bond donors (Lipinski definition) is 2. The highest BCUT2D eigenvalue weighted by molar-refractivity contribution is 5.56. The van der Waals surface area contributed by atoms with Crippen LogP contribution in [0.15, 0.2) is 6.33 Å². The summed E-state index contributed by atoms with van der Waals surface area (Å²) in [6.45, 7) is 5.09. The molecule has 0 spiro atoms. The van der Waals surface area contributed by atoms with E-state index in [4.69, 9.17) is 0 Å². The third-order valence-corrected chi connectivity index (χ3v) is 2.12. The van der Waals surface area contributed by atoms with E-state index in [0.29, 0.717) is 0 Å². The molecule has 0 aliphatic carbocycles. The lowest BCUT2D eigenvalue weighted by Gasteiger charge is -2.17. The van der Waals surface area contributed by atoms with Gasteiger partial charge in [0.1, 0.15) is 18.0 Å². The molecule has 0 atom stereocenters. The van der Waals surface area contributed by atoms with Gasteiger partial charge >= 0.3 is 0 Å². The smallest absolute Gasteiger partial charge is 0.149 e. The van der Waals surface area contributed by atoms with E-state index in [1.54, 1.807) is 6.33 Å². The molecule has 0 saturated heterocycles. The van der Waals surface area contributed by atoms with Gasteiger partial charge in [-0.15, -0.1) is 0 Å². The van der Waals surface area contributed by atoms with Gasteiger partial charge in [0.25, 0.3) is 0 Å². The van der Waals surface area contributed by atoms with Gasteiger partial charge in [-0.3, -0.25) is 0 Å². The Bertz CT molecular complexity index is 324. The summed E-state index contributed by atoms with van der Waals surface area (Å²) >= 11 is 0. The van der Waals surface area contributed by atoms with Crippen LogP contribution in [0.3, 0.4) is 0 Å². The van der Waals surface area contributed by atoms with Crippen LogP contribution in [0.5, 0.6) is 0 Å². The molecule has 0 unspecified atom stereocenters. The minimum Gasteiger partial charge on any atom is -0.370 e. The Balaban J connectivity index is 3.00. The SMILES string of the molecule is CCCc1c(NCC)ncnc1NN(C)C. The van der Waals surface area contributed by atoms with E-state index in [1.165, 1.54) is 0 Å². The second-order valence-corrected chi connectivity index (χ2v) is 3.84. The molecule has 16 heavy (non-hydrogen) atoms. The van der Waals surface area contributed by atoms with Crippen LogP contribution < -0.4 is 10.7 Å². The molecule has 1 aromatic rings. The Morgan fingerprint density at radius 3 is 2.44 bits per heavy atom. The highest BCUT2D eigenvalue weighted by Crippen LogP contribution is 2.21. The number of anilines is 2. The molecule has 5 nitrogen and oxygen atoms in total. The number of hydrazine groups is 1. The molecule has 1 rings (SSSR count). The van der Waals surface area contributed by atoms with E-state index in [2.05, 4.69) is 34.6 Å². The van der Waals surface area contributed by atoms with Crippen LogP contribution in [-0.2, 0) is 6.42 Å². The van der Waals surface area contributed by atoms with Crippen LogP contribution in [0.25, 0.3) is 0 Å². The van der Waals surface area contributed by atoms with Gasteiger partial charge in [-0.1, -0.05) is 13.3 Å². The molecule has 0 aliphatic heterocycles. The van der Waals surface area contributed by atoms with Gasteiger partial charge in [-0.25, -0.2) is 15.0 Å². The van der Waals surface area contributed by atoms with Gasteiger partial charge in [-0.2, -0.15) is 0 Å². The molecule has 90 valence electrons. The summed E-state index contributed by atoms with van der Waals surface area (Å²) in [6.07, 6.45) is 3.64. The number of nitrogens with zero attached hydrogens (tertiary/aromatic N) is 3. The van der Waals surface area contributed by atoms with Crippen LogP contribution in [0.4, 0.5) is 11.6 Å². The fraction of sp³-hybridized carbons (Fsp3) is 0.636. The van der Waals surface area contributed by atoms with E-state index in [9.17, 15) is 0 Å². The maximum Gasteiger partial charge on any atom is 0.149 e. The quantitative estimate of drug-likeness (QED) is 0.720. The Hall–Kier alpha value is -1.36. The Kier molecular flexibility index (Phi) is 4.98. The van der Waals surface area contributed by atoms with Crippen LogP contribution in [-0.4, -0.2) is 35.6 Å². The number of aromatic nitrogens is 2. The van der Waals surface area contributed by atoms with E-state index in [1.807, 2.05) is 19.1 Å². The summed E-state index contributed by atoms with van der Waals surface area (Å²) in [5.74, 6) is 1.82. The van der Waals surface area contributed by atoms with Gasteiger partial charge in [0.05, 0.1) is 0 Å². The minimum absolute atomic E-state index is 0.870. The Morgan fingerprint density at radius 1 is 1.19 bits per heavy atom. The zero-order valence-electron chi connectivity index (χ0n) is 10.5. The summed E-state index contributed by atoms with van der Waals surface area (Å²) in [5, 5.41) is 5.15. The lowest BCUT2D eigenvalue weighted by atomic mass is 10.1. The van der Waals surface area contributed by atoms with Crippen molar-refractivity contribution in [1.82, 2.24) is 15.0 Å². The molecule has 0 aromatic carbocycles. The van der Waals surface area contributed by atoms with Gasteiger partial charge in [0, 0.05) is 26.2 Å². The van der Waals surface area contributed by atoms with Crippen LogP contribution in [0, 0.1) is 0 Å². The molecule has 0 aliphatic rings. The lowest BCUT2D eigenvalue weighted by Crippen LogP contribution is -2.22. The monoisotopic (exact) mass is 223 g/mol. The highest BCUT2D eigenvalue weighted by atomic mass is 15.5. The molecule has 2 N–H and O–H groups in total. The third kappa shape index (κ3) is 3.34. The molecule has 5 heteroatoms. The molecule has 0 radical (unpaired) electrons. The van der Waals surface area contributed by atoms with Crippen molar-refractivity contribution in [2.24, 2.45) is 0 Å². The second kappa shape index (κ2) is 6.27. The molecule has 1 aromatic heterocycles. The summed E-state index contributed by atoms with van der Waals surface area (Å²) in [4.78, 5) is 8.55. The van der Waals surface area contributed by atoms with Crippen molar-refractivity contribution in [3.8, 4) is 0 Å². The standard InChI is InChI=1S/C11H21N5/c1-5-7-9-10(12-6-2)13-8-14-11(9)15-16(3)4/h8H,5-7H2,1-4H3,(H2,12,13,14,15). The normalized spacial score (nSPS) is 10.6. The average Bonchev–Trinajstić information content (AvgIpc) is 2.22. The van der Waals surface area contributed by atoms with Crippen LogP contribution in [0.2, 0.25) is 0 Å². The first kappa shape index (κ1) is 12.7. The highest BCUT2D eigenvalue weighted by Gasteiger charge is 2.10. The average molecular weight is 223 g/mol. The first-order valence-corrected chi connectivity index (χ1v) is 5.70. The van der Waals surface area contributed by atoms with Crippen molar-refractivity contribution in [2.45, 2.75) is 26.7 Å². The predicted molar refractivity (Wildman–Crippen MR) is 67.5 cm³/mol. The van der Waals surface area contributed by atoms with Gasteiger partial charge in [-0.05, 0) is 13.3 Å². The van der Waals surface area contributed by atoms with Crippen molar-refractivity contribution in [2.75, 3.05) is 31.4 Å². The second-order valence-electron chi connectivity index (χ2n) is 3.84. The molecule has 0 fully saturated rings. The first-order valence-electron chi connectivity index (χ1n) is 5.70. The minimum atomic E-state index is 0.870. The Morgan fingerprint density at radius 2 is 1.88 bits per heavy atom. The predicted octanol–water partition coefficient (Wildman–Crippen LogP) is 1.75. The lowest BCUT2D eigenvalue weighted by molar-refractivity contribution is 0.491. The summed E-state index contributed by atoms with van der Waals surface area (Å²) in [6, 6.07) is 0. The third-order valence-electron chi connectivity index (χ3n) is 2.12. The molecule has 0 bridgehead atoms. The van der Waals surface area contributed by atoms with Crippen molar-refractivity contribution in [3.05, 3.63) is 11.9 Å². The van der Waals surface area contributed by atoms with Gasteiger partial charge in [0.2, 0.25) is 0 Å². The van der Waals surface area contributed by atoms with E-state index < -0.39 is 0 Å². The van der Waals surface area contributed by atoms with E-state index >= 15 is 0 Å². The molecule has 0 saturated carbocycles. The fourth-order valence-corrected chi connectivity index (χ4v) is 1.53. The molecule has 1 heterocycles. The Labute approximate surface area is 97.3 Å². The maximum absolute atomic E-state index is 4.28. The number of nitrogens with one attached hydrogen (secondary N) is 2. The summed E-state index contributed by atoms with van der Waals surface area (Å²) < 4.78 is 0.